The van der Waals surface area contributed by atoms with Gasteiger partial charge in [-0.1, -0.05) is 37.3 Å². The normalized spacial score (nSPS) is 11.5. The minimum Gasteiger partial charge on any atom is -0.332 e. The van der Waals surface area contributed by atoms with Crippen LogP contribution in [0.4, 0.5) is 10.1 Å². The molecular formula is C25H34FN3O2. The molecule has 0 saturated carbocycles. The number of amides is 2. The van der Waals surface area contributed by atoms with Crippen molar-refractivity contribution >= 4 is 17.5 Å². The Balaban J connectivity index is 2.08. The van der Waals surface area contributed by atoms with E-state index in [2.05, 4.69) is 5.32 Å². The number of carbonyl (C=O) groups excluding carboxylic acids is 2. The maximum Gasteiger partial charge on any atom is 0.238 e. The molecule has 0 bridgehead atoms. The smallest absolute Gasteiger partial charge is 0.238 e. The summed E-state index contributed by atoms with van der Waals surface area (Å²) >= 11 is 0. The summed E-state index contributed by atoms with van der Waals surface area (Å²) in [6, 6.07) is 13.9. The molecule has 1 N–H and O–H groups in total. The van der Waals surface area contributed by atoms with Crippen molar-refractivity contribution in [1.82, 2.24) is 9.80 Å². The Morgan fingerprint density at radius 1 is 1.03 bits per heavy atom. The van der Waals surface area contributed by atoms with E-state index in [1.54, 1.807) is 11.0 Å². The van der Waals surface area contributed by atoms with Crippen molar-refractivity contribution < 1.29 is 14.0 Å². The lowest BCUT2D eigenvalue weighted by atomic mass is 10.0. The fourth-order valence-electron chi connectivity index (χ4n) is 3.43. The molecule has 0 aliphatic carbocycles. The Kier molecular flexibility index (Phi) is 8.75. The first-order chi connectivity index (χ1) is 14.6. The summed E-state index contributed by atoms with van der Waals surface area (Å²) in [5, 5.41) is 2.93. The monoisotopic (exact) mass is 427 g/mol. The van der Waals surface area contributed by atoms with Crippen LogP contribution in [-0.2, 0) is 16.1 Å². The number of nitrogens with one attached hydrogen (secondary N) is 1. The predicted octanol–water partition coefficient (Wildman–Crippen LogP) is 4.61. The minimum atomic E-state index is -0.440. The van der Waals surface area contributed by atoms with E-state index in [0.717, 1.165) is 23.2 Å². The van der Waals surface area contributed by atoms with E-state index in [-0.39, 0.29) is 30.7 Å². The Bertz CT molecular complexity index is 892. The molecule has 0 aliphatic rings. The largest absolute Gasteiger partial charge is 0.332 e. The molecule has 6 heteroatoms. The molecule has 0 heterocycles. The van der Waals surface area contributed by atoms with E-state index in [0.29, 0.717) is 13.1 Å². The zero-order valence-corrected chi connectivity index (χ0v) is 19.2. The fourth-order valence-corrected chi connectivity index (χ4v) is 3.43. The van der Waals surface area contributed by atoms with Gasteiger partial charge in [-0.25, -0.2) is 4.39 Å². The number of aryl methyl sites for hydroxylation is 1. The van der Waals surface area contributed by atoms with Crippen molar-refractivity contribution in [3.8, 4) is 0 Å². The second-order valence-corrected chi connectivity index (χ2v) is 8.85. The molecule has 2 aromatic rings. The van der Waals surface area contributed by atoms with Crippen LogP contribution in [-0.4, -0.2) is 46.8 Å². The van der Waals surface area contributed by atoms with Crippen LogP contribution >= 0.6 is 0 Å². The van der Waals surface area contributed by atoms with Gasteiger partial charge in [-0.3, -0.25) is 14.5 Å². The molecule has 0 atom stereocenters. The summed E-state index contributed by atoms with van der Waals surface area (Å²) in [5.74, 6) is -0.559. The summed E-state index contributed by atoms with van der Waals surface area (Å²) < 4.78 is 13.6. The summed E-state index contributed by atoms with van der Waals surface area (Å²) in [5.41, 5.74) is 2.06. The molecule has 168 valence electrons. The van der Waals surface area contributed by atoms with E-state index in [4.69, 9.17) is 0 Å². The van der Waals surface area contributed by atoms with Gasteiger partial charge in [0.15, 0.2) is 0 Å². The Morgan fingerprint density at radius 2 is 1.74 bits per heavy atom. The lowest BCUT2D eigenvalue weighted by Crippen LogP contribution is -2.50. The maximum absolute atomic E-state index is 13.6. The highest BCUT2D eigenvalue weighted by Crippen LogP contribution is 2.19. The van der Waals surface area contributed by atoms with Gasteiger partial charge in [0.2, 0.25) is 11.8 Å². The van der Waals surface area contributed by atoms with Crippen LogP contribution in [0.15, 0.2) is 48.5 Å². The molecule has 5 nitrogen and oxygen atoms in total. The summed E-state index contributed by atoms with van der Waals surface area (Å²) in [6.07, 6.45) is 0.824. The second kappa shape index (κ2) is 11.0. The Hall–Kier alpha value is -2.73. The van der Waals surface area contributed by atoms with Gasteiger partial charge < -0.3 is 10.2 Å². The standard InChI is InChI=1S/C25H34FN3O2/c1-6-14-28(17-23(30)27-22-13-8-7-10-19(22)2)18-24(31)29(25(3,4)5)16-20-11-9-12-21(26)15-20/h7-13,15H,6,14,16-18H2,1-5H3,(H,27,30). The van der Waals surface area contributed by atoms with Gasteiger partial charge in [-0.2, -0.15) is 0 Å². The van der Waals surface area contributed by atoms with Gasteiger partial charge in [-0.15, -0.1) is 0 Å². The molecule has 2 amide bonds. The number of anilines is 1. The summed E-state index contributed by atoms with van der Waals surface area (Å²) in [7, 11) is 0. The van der Waals surface area contributed by atoms with Crippen molar-refractivity contribution in [2.24, 2.45) is 0 Å². The third-order valence-corrected chi connectivity index (χ3v) is 5.03. The van der Waals surface area contributed by atoms with Crippen LogP contribution in [0.2, 0.25) is 0 Å². The summed E-state index contributed by atoms with van der Waals surface area (Å²) in [4.78, 5) is 29.4. The minimum absolute atomic E-state index is 0.0890. The first-order valence-corrected chi connectivity index (χ1v) is 10.7. The average Bonchev–Trinajstić information content (AvgIpc) is 2.67. The number of hydrogen-bond donors (Lipinski definition) is 1. The molecule has 31 heavy (non-hydrogen) atoms. The van der Waals surface area contributed by atoms with Gasteiger partial charge in [-0.05, 0) is 70.0 Å². The number of hydrogen-bond acceptors (Lipinski definition) is 3. The molecule has 2 aromatic carbocycles. The summed E-state index contributed by atoms with van der Waals surface area (Å²) in [6.45, 7) is 11.0. The number of nitrogens with zero attached hydrogens (tertiary/aromatic N) is 2. The van der Waals surface area contributed by atoms with Gasteiger partial charge in [0, 0.05) is 17.8 Å². The lowest BCUT2D eigenvalue weighted by molar-refractivity contribution is -0.138. The van der Waals surface area contributed by atoms with Crippen molar-refractivity contribution in [2.45, 2.75) is 53.1 Å². The van der Waals surface area contributed by atoms with E-state index in [9.17, 15) is 14.0 Å². The molecule has 0 aromatic heterocycles. The molecule has 0 spiro atoms. The van der Waals surface area contributed by atoms with E-state index >= 15 is 0 Å². The van der Waals surface area contributed by atoms with Crippen LogP contribution < -0.4 is 5.32 Å². The topological polar surface area (TPSA) is 52.7 Å². The van der Waals surface area contributed by atoms with E-state index in [1.807, 2.05) is 69.9 Å². The van der Waals surface area contributed by atoms with E-state index < -0.39 is 5.54 Å². The molecule has 0 unspecified atom stereocenters. The SMILES string of the molecule is CCCN(CC(=O)Nc1ccccc1C)CC(=O)N(Cc1cccc(F)c1)C(C)(C)C. The first-order valence-electron chi connectivity index (χ1n) is 10.7. The molecule has 0 radical (unpaired) electrons. The number of carbonyl (C=O) groups is 2. The first kappa shape index (κ1) is 24.5. The average molecular weight is 428 g/mol. The zero-order valence-electron chi connectivity index (χ0n) is 19.2. The van der Waals surface area contributed by atoms with Crippen LogP contribution in [0.25, 0.3) is 0 Å². The van der Waals surface area contributed by atoms with Crippen LogP contribution in [0.5, 0.6) is 0 Å². The fraction of sp³-hybridized carbons (Fsp3) is 0.440. The van der Waals surface area contributed by atoms with Crippen LogP contribution in [0, 0.1) is 12.7 Å². The van der Waals surface area contributed by atoms with Crippen LogP contribution in [0.1, 0.15) is 45.2 Å². The molecule has 2 rings (SSSR count). The van der Waals surface area contributed by atoms with Gasteiger partial charge in [0.05, 0.1) is 13.1 Å². The third kappa shape index (κ3) is 7.79. The quantitative estimate of drug-likeness (QED) is 0.636. The molecule has 0 aliphatic heterocycles. The number of benzene rings is 2. The predicted molar refractivity (Wildman–Crippen MR) is 123 cm³/mol. The highest BCUT2D eigenvalue weighted by molar-refractivity contribution is 5.93. The van der Waals surface area contributed by atoms with Crippen LogP contribution in [0.3, 0.4) is 0 Å². The molecule has 0 saturated heterocycles. The Labute approximate surface area is 185 Å². The maximum atomic E-state index is 13.6. The second-order valence-electron chi connectivity index (χ2n) is 8.85. The van der Waals surface area contributed by atoms with Crippen molar-refractivity contribution in [1.29, 1.82) is 0 Å². The highest BCUT2D eigenvalue weighted by atomic mass is 19.1. The number of rotatable bonds is 9. The van der Waals surface area contributed by atoms with E-state index in [1.165, 1.54) is 12.1 Å². The van der Waals surface area contributed by atoms with Crippen molar-refractivity contribution in [3.05, 3.63) is 65.5 Å². The lowest BCUT2D eigenvalue weighted by Gasteiger charge is -2.37. The number of halogens is 1. The molecule has 0 fully saturated rings. The highest BCUT2D eigenvalue weighted by Gasteiger charge is 2.28. The van der Waals surface area contributed by atoms with Gasteiger partial charge >= 0.3 is 0 Å². The van der Waals surface area contributed by atoms with Crippen molar-refractivity contribution in [3.63, 3.8) is 0 Å². The zero-order chi connectivity index (χ0) is 23.0. The number of para-hydroxylation sites is 1. The third-order valence-electron chi connectivity index (χ3n) is 5.03. The van der Waals surface area contributed by atoms with Gasteiger partial charge in [0.1, 0.15) is 5.82 Å². The Morgan fingerprint density at radius 3 is 2.35 bits per heavy atom. The van der Waals surface area contributed by atoms with Gasteiger partial charge in [0.25, 0.3) is 0 Å². The molecular weight excluding hydrogens is 393 g/mol. The van der Waals surface area contributed by atoms with Crippen molar-refractivity contribution in [2.75, 3.05) is 25.0 Å².